The molecule has 1 N–H and O–H groups in total. The van der Waals surface area contributed by atoms with Gasteiger partial charge in [-0.3, -0.25) is 4.79 Å². The smallest absolute Gasteiger partial charge is 0.255 e. The SMILES string of the molecule is COc1ccc(C(=O)Nc2ccc(OC)c(S(=O)(=O)N3CCOCC3)c2)cc1F. The molecule has 0 radical (unpaired) electrons. The number of hydrogen-bond acceptors (Lipinski definition) is 6. The Morgan fingerprint density at radius 3 is 2.34 bits per heavy atom. The van der Waals surface area contributed by atoms with Gasteiger partial charge in [-0.15, -0.1) is 0 Å². The Morgan fingerprint density at radius 2 is 1.72 bits per heavy atom. The van der Waals surface area contributed by atoms with Crippen LogP contribution >= 0.6 is 0 Å². The molecule has 10 heteroatoms. The summed E-state index contributed by atoms with van der Waals surface area (Å²) in [6.07, 6.45) is 0. The van der Waals surface area contributed by atoms with Gasteiger partial charge in [-0.05, 0) is 36.4 Å². The molecule has 0 atom stereocenters. The third-order valence-corrected chi connectivity index (χ3v) is 6.34. The van der Waals surface area contributed by atoms with E-state index in [1.165, 1.54) is 48.9 Å². The molecule has 2 aromatic carbocycles. The molecule has 0 aromatic heterocycles. The molecule has 1 heterocycles. The standard InChI is InChI=1S/C19H21FN2O6S/c1-26-16-5-3-13(11-15(16)20)19(23)21-14-4-6-17(27-2)18(12-14)29(24,25)22-7-9-28-10-8-22/h3-6,11-12H,7-10H2,1-2H3,(H,21,23). The number of morpholine rings is 1. The largest absolute Gasteiger partial charge is 0.495 e. The molecular weight excluding hydrogens is 403 g/mol. The Balaban J connectivity index is 1.88. The molecule has 0 saturated carbocycles. The highest BCUT2D eigenvalue weighted by Crippen LogP contribution is 2.30. The van der Waals surface area contributed by atoms with Gasteiger partial charge in [0, 0.05) is 24.3 Å². The van der Waals surface area contributed by atoms with Crippen molar-refractivity contribution >= 4 is 21.6 Å². The number of amides is 1. The molecule has 1 amide bonds. The summed E-state index contributed by atoms with van der Waals surface area (Å²) in [5.74, 6) is -1.09. The fraction of sp³-hybridized carbons (Fsp3) is 0.316. The summed E-state index contributed by atoms with van der Waals surface area (Å²) < 4.78 is 56.4. The number of sulfonamides is 1. The van der Waals surface area contributed by atoms with Gasteiger partial charge in [0.2, 0.25) is 10.0 Å². The van der Waals surface area contributed by atoms with E-state index in [1.54, 1.807) is 0 Å². The molecule has 1 aliphatic heterocycles. The fourth-order valence-corrected chi connectivity index (χ4v) is 4.48. The highest BCUT2D eigenvalue weighted by molar-refractivity contribution is 7.89. The number of rotatable bonds is 6. The minimum absolute atomic E-state index is 0.0184. The molecule has 2 aromatic rings. The van der Waals surface area contributed by atoms with Crippen molar-refractivity contribution in [3.63, 3.8) is 0 Å². The molecule has 1 fully saturated rings. The van der Waals surface area contributed by atoms with Gasteiger partial charge in [-0.25, -0.2) is 12.8 Å². The summed E-state index contributed by atoms with van der Waals surface area (Å²) in [5, 5.41) is 2.58. The Labute approximate surface area is 168 Å². The first-order chi connectivity index (χ1) is 13.9. The van der Waals surface area contributed by atoms with E-state index in [4.69, 9.17) is 14.2 Å². The van der Waals surface area contributed by atoms with Gasteiger partial charge in [-0.1, -0.05) is 0 Å². The maximum atomic E-state index is 13.9. The summed E-state index contributed by atoms with van der Waals surface area (Å²) in [4.78, 5) is 12.4. The second kappa shape index (κ2) is 8.76. The number of carbonyl (C=O) groups is 1. The fourth-order valence-electron chi connectivity index (χ4n) is 2.89. The molecular formula is C19H21FN2O6S. The Hall–Kier alpha value is -2.69. The van der Waals surface area contributed by atoms with Crippen molar-refractivity contribution in [3.8, 4) is 11.5 Å². The third-order valence-electron chi connectivity index (χ3n) is 4.42. The van der Waals surface area contributed by atoms with Crippen molar-refractivity contribution in [3.05, 3.63) is 47.8 Å². The van der Waals surface area contributed by atoms with Crippen molar-refractivity contribution < 1.29 is 31.8 Å². The van der Waals surface area contributed by atoms with Gasteiger partial charge >= 0.3 is 0 Å². The number of halogens is 1. The molecule has 1 saturated heterocycles. The van der Waals surface area contributed by atoms with E-state index in [1.807, 2.05) is 0 Å². The van der Waals surface area contributed by atoms with Crippen molar-refractivity contribution in [2.24, 2.45) is 0 Å². The highest BCUT2D eigenvalue weighted by atomic mass is 32.2. The number of methoxy groups -OCH3 is 2. The third kappa shape index (κ3) is 4.50. The minimum Gasteiger partial charge on any atom is -0.495 e. The van der Waals surface area contributed by atoms with Gasteiger partial charge in [0.05, 0.1) is 27.4 Å². The number of ether oxygens (including phenoxy) is 3. The van der Waals surface area contributed by atoms with Gasteiger partial charge in [0.15, 0.2) is 11.6 Å². The number of nitrogens with zero attached hydrogens (tertiary/aromatic N) is 1. The average molecular weight is 424 g/mol. The van der Waals surface area contributed by atoms with Crippen LogP contribution in [-0.2, 0) is 14.8 Å². The number of anilines is 1. The van der Waals surface area contributed by atoms with Crippen LogP contribution in [0, 0.1) is 5.82 Å². The number of hydrogen-bond donors (Lipinski definition) is 1. The van der Waals surface area contributed by atoms with Crippen LogP contribution in [0.25, 0.3) is 0 Å². The molecule has 1 aliphatic rings. The van der Waals surface area contributed by atoms with E-state index < -0.39 is 21.7 Å². The van der Waals surface area contributed by atoms with Gasteiger partial charge in [0.1, 0.15) is 10.6 Å². The summed E-state index contributed by atoms with van der Waals surface area (Å²) in [6.45, 7) is 1.07. The monoisotopic (exact) mass is 424 g/mol. The number of benzene rings is 2. The molecule has 8 nitrogen and oxygen atoms in total. The van der Waals surface area contributed by atoms with Crippen LogP contribution in [0.4, 0.5) is 10.1 Å². The van der Waals surface area contributed by atoms with E-state index >= 15 is 0 Å². The minimum atomic E-state index is -3.84. The lowest BCUT2D eigenvalue weighted by Gasteiger charge is -2.26. The first-order valence-electron chi connectivity index (χ1n) is 8.77. The quantitative estimate of drug-likeness (QED) is 0.764. The molecule has 0 unspecified atom stereocenters. The van der Waals surface area contributed by atoms with E-state index in [2.05, 4.69) is 5.32 Å². The van der Waals surface area contributed by atoms with Crippen molar-refractivity contribution in [1.29, 1.82) is 0 Å². The average Bonchev–Trinajstić information content (AvgIpc) is 2.74. The maximum absolute atomic E-state index is 13.9. The second-order valence-electron chi connectivity index (χ2n) is 6.19. The lowest BCUT2D eigenvalue weighted by Crippen LogP contribution is -2.40. The second-order valence-corrected chi connectivity index (χ2v) is 8.09. The molecule has 0 aliphatic carbocycles. The van der Waals surface area contributed by atoms with Crippen LogP contribution in [0.3, 0.4) is 0 Å². The molecule has 3 rings (SSSR count). The Morgan fingerprint density at radius 1 is 1.07 bits per heavy atom. The van der Waals surface area contributed by atoms with E-state index in [9.17, 15) is 17.6 Å². The zero-order valence-corrected chi connectivity index (χ0v) is 16.8. The topological polar surface area (TPSA) is 94.2 Å². The number of nitrogens with one attached hydrogen (secondary N) is 1. The first-order valence-corrected chi connectivity index (χ1v) is 10.2. The highest BCUT2D eigenvalue weighted by Gasteiger charge is 2.29. The Bertz CT molecular complexity index is 1010. The summed E-state index contributed by atoms with van der Waals surface area (Å²) >= 11 is 0. The van der Waals surface area contributed by atoms with E-state index in [0.717, 1.165) is 6.07 Å². The number of carbonyl (C=O) groups excluding carboxylic acids is 1. The Kier molecular flexibility index (Phi) is 6.36. The van der Waals surface area contributed by atoms with Crippen LogP contribution in [0.5, 0.6) is 11.5 Å². The lowest BCUT2D eigenvalue weighted by molar-refractivity contribution is 0.0729. The van der Waals surface area contributed by atoms with Gasteiger partial charge in [0.25, 0.3) is 5.91 Å². The predicted molar refractivity (Wildman–Crippen MR) is 103 cm³/mol. The normalized spacial score (nSPS) is 15.0. The molecule has 29 heavy (non-hydrogen) atoms. The summed E-state index contributed by atoms with van der Waals surface area (Å²) in [7, 11) is -1.15. The zero-order chi connectivity index (χ0) is 21.0. The predicted octanol–water partition coefficient (Wildman–Crippen LogP) is 2.12. The van der Waals surface area contributed by atoms with E-state index in [0.29, 0.717) is 13.2 Å². The van der Waals surface area contributed by atoms with Gasteiger partial charge < -0.3 is 19.5 Å². The van der Waals surface area contributed by atoms with Crippen LogP contribution in [-0.4, -0.2) is 59.2 Å². The molecule has 0 spiro atoms. The maximum Gasteiger partial charge on any atom is 0.255 e. The van der Waals surface area contributed by atoms with E-state index in [-0.39, 0.29) is 40.7 Å². The van der Waals surface area contributed by atoms with Crippen molar-refractivity contribution in [2.45, 2.75) is 4.90 Å². The van der Waals surface area contributed by atoms with Crippen LogP contribution in [0.15, 0.2) is 41.3 Å². The molecule has 156 valence electrons. The van der Waals surface area contributed by atoms with Crippen LogP contribution < -0.4 is 14.8 Å². The van der Waals surface area contributed by atoms with Crippen molar-refractivity contribution in [1.82, 2.24) is 4.31 Å². The zero-order valence-electron chi connectivity index (χ0n) is 16.0. The van der Waals surface area contributed by atoms with Crippen molar-refractivity contribution in [2.75, 3.05) is 45.8 Å². The van der Waals surface area contributed by atoms with Gasteiger partial charge in [-0.2, -0.15) is 4.31 Å². The summed E-state index contributed by atoms with van der Waals surface area (Å²) in [6, 6.07) is 8.08. The van der Waals surface area contributed by atoms with Crippen LogP contribution in [0.2, 0.25) is 0 Å². The summed E-state index contributed by atoms with van der Waals surface area (Å²) in [5.41, 5.74) is 0.301. The first kappa shape index (κ1) is 21.0. The van der Waals surface area contributed by atoms with Crippen LogP contribution in [0.1, 0.15) is 10.4 Å². The molecule has 0 bridgehead atoms. The lowest BCUT2D eigenvalue weighted by atomic mass is 10.2.